The summed E-state index contributed by atoms with van der Waals surface area (Å²) < 4.78 is 0. The maximum Gasteiger partial charge on any atom is 0.321 e. The summed E-state index contributed by atoms with van der Waals surface area (Å²) in [4.78, 5) is 16.8. The van der Waals surface area contributed by atoms with Gasteiger partial charge in [-0.2, -0.15) is 0 Å². The summed E-state index contributed by atoms with van der Waals surface area (Å²) in [5, 5.41) is 17.3. The van der Waals surface area contributed by atoms with Gasteiger partial charge in [0.05, 0.1) is 0 Å². The lowest BCUT2D eigenvalue weighted by Gasteiger charge is -2.19. The fraction of sp³-hybridized carbons (Fsp3) is 0.875. The minimum Gasteiger partial charge on any atom is -0.480 e. The van der Waals surface area contributed by atoms with Crippen molar-refractivity contribution in [2.75, 3.05) is 13.1 Å². The Morgan fingerprint density at radius 2 is 2.38 bits per heavy atom. The van der Waals surface area contributed by atoms with Crippen LogP contribution in [0.25, 0.3) is 0 Å². The molecule has 0 radical (unpaired) electrons. The van der Waals surface area contributed by atoms with Gasteiger partial charge in [-0.1, -0.05) is 6.92 Å². The van der Waals surface area contributed by atoms with Gasteiger partial charge in [0.25, 0.3) is 0 Å². The van der Waals surface area contributed by atoms with Crippen LogP contribution in [0.2, 0.25) is 0 Å². The van der Waals surface area contributed by atoms with Crippen LogP contribution < -0.4 is 0 Å². The molecule has 5 heteroatoms. The normalized spacial score (nSPS) is 29.4. The average Bonchev–Trinajstić information content (AvgIpc) is 2.48. The number of hydrogen-bond acceptors (Lipinski definition) is 4. The smallest absolute Gasteiger partial charge is 0.321 e. The lowest BCUT2D eigenvalue weighted by atomic mass is 10.2. The van der Waals surface area contributed by atoms with E-state index in [0.717, 1.165) is 13.0 Å². The Labute approximate surface area is 76.8 Å². The Kier molecular flexibility index (Phi) is 3.65. The molecular weight excluding hydrogens is 174 g/mol. The summed E-state index contributed by atoms with van der Waals surface area (Å²) in [6.07, 6.45) is 0.918. The Balaban J connectivity index is 2.54. The molecule has 0 spiro atoms. The molecule has 2 N–H and O–H groups in total. The molecule has 1 unspecified atom stereocenters. The predicted octanol–water partition coefficient (Wildman–Crippen LogP) is 0.414. The van der Waals surface area contributed by atoms with Gasteiger partial charge in [-0.05, 0) is 13.0 Å². The van der Waals surface area contributed by atoms with Gasteiger partial charge in [0.1, 0.15) is 12.1 Å². The van der Waals surface area contributed by atoms with Gasteiger partial charge in [0.2, 0.25) is 0 Å². The van der Waals surface area contributed by atoms with Crippen LogP contribution in [0.1, 0.15) is 19.8 Å². The zero-order chi connectivity index (χ0) is 9.84. The maximum absolute atomic E-state index is 10.8. The third-order valence-corrected chi connectivity index (χ3v) is 2.31. The average molecular weight is 189 g/mol. The van der Waals surface area contributed by atoms with Crippen LogP contribution in [0.3, 0.4) is 0 Å². The van der Waals surface area contributed by atoms with Gasteiger partial charge in [-0.3, -0.25) is 15.0 Å². The van der Waals surface area contributed by atoms with E-state index in [1.807, 2.05) is 11.8 Å². The topological polar surface area (TPSA) is 70.0 Å². The Morgan fingerprint density at radius 3 is 2.85 bits per heavy atom. The largest absolute Gasteiger partial charge is 0.480 e. The molecule has 0 saturated carbocycles. The maximum atomic E-state index is 10.8. The van der Waals surface area contributed by atoms with Crippen molar-refractivity contribution in [2.45, 2.75) is 31.9 Å². The van der Waals surface area contributed by atoms with Crippen molar-refractivity contribution >= 4 is 5.97 Å². The first kappa shape index (κ1) is 10.4. The van der Waals surface area contributed by atoms with Crippen molar-refractivity contribution in [2.24, 2.45) is 0 Å². The molecule has 1 rings (SSSR count). The molecule has 0 aromatic heterocycles. The zero-order valence-electron chi connectivity index (χ0n) is 7.64. The van der Waals surface area contributed by atoms with Gasteiger partial charge < -0.3 is 5.11 Å². The Hall–Kier alpha value is -0.650. The van der Waals surface area contributed by atoms with Crippen molar-refractivity contribution < 1.29 is 20.0 Å². The van der Waals surface area contributed by atoms with Crippen molar-refractivity contribution in [3.05, 3.63) is 0 Å². The van der Waals surface area contributed by atoms with E-state index < -0.39 is 12.0 Å². The summed E-state index contributed by atoms with van der Waals surface area (Å²) in [7, 11) is 0. The van der Waals surface area contributed by atoms with Crippen LogP contribution in [0.4, 0.5) is 0 Å². The van der Waals surface area contributed by atoms with Gasteiger partial charge in [-0.15, -0.1) is 0 Å². The monoisotopic (exact) mass is 189 g/mol. The number of hydrogen-bond donors (Lipinski definition) is 2. The number of likely N-dealkylation sites (tertiary alicyclic amines) is 1. The van der Waals surface area contributed by atoms with E-state index in [1.54, 1.807) is 0 Å². The van der Waals surface area contributed by atoms with E-state index >= 15 is 0 Å². The zero-order valence-corrected chi connectivity index (χ0v) is 7.64. The highest BCUT2D eigenvalue weighted by atomic mass is 17.1. The summed E-state index contributed by atoms with van der Waals surface area (Å²) in [5.41, 5.74) is 0. The predicted molar refractivity (Wildman–Crippen MR) is 45.4 cm³/mol. The highest BCUT2D eigenvalue weighted by Gasteiger charge is 2.36. The third-order valence-electron chi connectivity index (χ3n) is 2.31. The highest BCUT2D eigenvalue weighted by Crippen LogP contribution is 2.19. The fourth-order valence-electron chi connectivity index (χ4n) is 1.73. The van der Waals surface area contributed by atoms with Crippen LogP contribution in [-0.4, -0.2) is 46.5 Å². The van der Waals surface area contributed by atoms with Crippen molar-refractivity contribution in [1.82, 2.24) is 4.90 Å². The molecule has 0 aromatic carbocycles. The van der Waals surface area contributed by atoms with E-state index in [9.17, 15) is 4.79 Å². The molecule has 1 saturated heterocycles. The van der Waals surface area contributed by atoms with Crippen LogP contribution in [-0.2, 0) is 9.68 Å². The third kappa shape index (κ3) is 2.40. The van der Waals surface area contributed by atoms with Crippen LogP contribution >= 0.6 is 0 Å². The lowest BCUT2D eigenvalue weighted by molar-refractivity contribution is -0.274. The molecule has 5 nitrogen and oxygen atoms in total. The number of carboxylic acid groups (broad SMARTS) is 1. The molecule has 0 bridgehead atoms. The molecule has 1 heterocycles. The highest BCUT2D eigenvalue weighted by molar-refractivity contribution is 5.74. The standard InChI is InChI=1S/C8H15NO4/c1-2-3-9-5-6(13-12)4-7(9)8(10)11/h6-7,12H,2-5H2,1H3,(H,10,11)/t6?,7-/m0/s1. The summed E-state index contributed by atoms with van der Waals surface area (Å²) >= 11 is 0. The number of aliphatic carboxylic acids is 1. The molecule has 0 aromatic rings. The van der Waals surface area contributed by atoms with Crippen LogP contribution in [0.15, 0.2) is 0 Å². The number of carbonyl (C=O) groups is 1. The summed E-state index contributed by atoms with van der Waals surface area (Å²) in [6, 6.07) is -0.503. The Bertz CT molecular complexity index is 185. The van der Waals surface area contributed by atoms with Gasteiger partial charge in [-0.25, -0.2) is 4.89 Å². The first-order valence-corrected chi connectivity index (χ1v) is 4.46. The van der Waals surface area contributed by atoms with Crippen molar-refractivity contribution in [3.63, 3.8) is 0 Å². The Morgan fingerprint density at radius 1 is 1.69 bits per heavy atom. The number of nitrogens with zero attached hydrogens (tertiary/aromatic N) is 1. The van der Waals surface area contributed by atoms with E-state index in [-0.39, 0.29) is 6.10 Å². The second kappa shape index (κ2) is 4.55. The molecule has 1 fully saturated rings. The minimum atomic E-state index is -0.840. The second-order valence-corrected chi connectivity index (χ2v) is 3.31. The van der Waals surface area contributed by atoms with E-state index in [2.05, 4.69) is 4.89 Å². The van der Waals surface area contributed by atoms with Crippen LogP contribution in [0, 0.1) is 0 Å². The van der Waals surface area contributed by atoms with Crippen molar-refractivity contribution in [1.29, 1.82) is 0 Å². The second-order valence-electron chi connectivity index (χ2n) is 3.31. The quantitative estimate of drug-likeness (QED) is 0.495. The van der Waals surface area contributed by atoms with Gasteiger partial charge in [0, 0.05) is 13.0 Å². The molecule has 0 amide bonds. The van der Waals surface area contributed by atoms with Gasteiger partial charge in [0.15, 0.2) is 0 Å². The number of rotatable bonds is 4. The number of carboxylic acids is 1. The molecule has 2 atom stereocenters. The van der Waals surface area contributed by atoms with E-state index in [0.29, 0.717) is 13.0 Å². The van der Waals surface area contributed by atoms with E-state index in [4.69, 9.17) is 10.4 Å². The summed E-state index contributed by atoms with van der Waals surface area (Å²) in [6.45, 7) is 3.23. The molecular formula is C8H15NO4. The van der Waals surface area contributed by atoms with Gasteiger partial charge >= 0.3 is 5.97 Å². The molecule has 1 aliphatic heterocycles. The van der Waals surface area contributed by atoms with Crippen molar-refractivity contribution in [3.8, 4) is 0 Å². The first-order chi connectivity index (χ1) is 6.19. The molecule has 76 valence electrons. The van der Waals surface area contributed by atoms with Crippen LogP contribution in [0.5, 0.6) is 0 Å². The summed E-state index contributed by atoms with van der Waals surface area (Å²) in [5.74, 6) is -0.840. The molecule has 0 aliphatic carbocycles. The fourth-order valence-corrected chi connectivity index (χ4v) is 1.73. The van der Waals surface area contributed by atoms with E-state index in [1.165, 1.54) is 0 Å². The minimum absolute atomic E-state index is 0.354. The molecule has 1 aliphatic rings. The molecule has 13 heavy (non-hydrogen) atoms. The lowest BCUT2D eigenvalue weighted by Crippen LogP contribution is -2.36. The first-order valence-electron chi connectivity index (χ1n) is 4.46. The SMILES string of the molecule is CCCN1CC(OO)C[C@H]1C(=O)O.